The number of aromatic nitrogens is 5. The van der Waals surface area contributed by atoms with Crippen molar-refractivity contribution in [1.29, 1.82) is 0 Å². The van der Waals surface area contributed by atoms with Gasteiger partial charge in [0.05, 0.1) is 17.8 Å². The fourth-order valence-electron chi connectivity index (χ4n) is 3.96. The van der Waals surface area contributed by atoms with Crippen molar-refractivity contribution in [3.8, 4) is 10.7 Å². The van der Waals surface area contributed by atoms with E-state index < -0.39 is 22.3 Å². The van der Waals surface area contributed by atoms with Crippen molar-refractivity contribution < 1.29 is 4.39 Å². The van der Waals surface area contributed by atoms with Gasteiger partial charge in [-0.3, -0.25) is 9.59 Å². The average molecular weight is 371 g/mol. The summed E-state index contributed by atoms with van der Waals surface area (Å²) in [4.78, 5) is 29.0. The van der Waals surface area contributed by atoms with Crippen LogP contribution in [0.2, 0.25) is 0 Å². The van der Waals surface area contributed by atoms with Crippen LogP contribution >= 0.6 is 11.3 Å². The third-order valence-electron chi connectivity index (χ3n) is 5.21. The molecule has 6 rings (SSSR count). The highest BCUT2D eigenvalue weighted by atomic mass is 32.1. The topological polar surface area (TPSA) is 82.7 Å². The van der Waals surface area contributed by atoms with E-state index in [4.69, 9.17) is 0 Å². The first-order valence-electron chi connectivity index (χ1n) is 8.22. The van der Waals surface area contributed by atoms with Gasteiger partial charge in [0.15, 0.2) is 0 Å². The largest absolute Gasteiger partial charge is 0.316 e. The van der Waals surface area contributed by atoms with Crippen LogP contribution in [0.3, 0.4) is 0 Å². The molecule has 26 heavy (non-hydrogen) atoms. The van der Waals surface area contributed by atoms with Gasteiger partial charge >= 0.3 is 11.1 Å². The van der Waals surface area contributed by atoms with Crippen molar-refractivity contribution in [2.45, 2.75) is 37.0 Å². The van der Waals surface area contributed by atoms with Crippen molar-refractivity contribution in [3.63, 3.8) is 0 Å². The van der Waals surface area contributed by atoms with Gasteiger partial charge in [0, 0.05) is 43.2 Å². The highest BCUT2D eigenvalue weighted by Crippen LogP contribution is 2.66. The highest BCUT2D eigenvalue weighted by Gasteiger charge is 2.70. The Morgan fingerprint density at radius 2 is 1.92 bits per heavy atom. The maximum atomic E-state index is 13.7. The molecule has 3 aromatic heterocycles. The molecule has 0 unspecified atom stereocenters. The number of halogens is 1. The zero-order chi connectivity index (χ0) is 17.9. The minimum atomic E-state index is -1.12. The second-order valence-electron chi connectivity index (χ2n) is 7.06. The molecule has 3 saturated carbocycles. The third kappa shape index (κ3) is 2.20. The first-order chi connectivity index (χ1) is 12.5. The molecule has 0 atom stereocenters. The first-order valence-corrected chi connectivity index (χ1v) is 9.10. The molecule has 3 aliphatic carbocycles. The van der Waals surface area contributed by atoms with E-state index in [1.54, 1.807) is 30.7 Å². The van der Waals surface area contributed by atoms with E-state index in [1.807, 2.05) is 5.38 Å². The molecule has 0 N–H and O–H groups in total. The summed E-state index contributed by atoms with van der Waals surface area (Å²) < 4.78 is 16.4. The molecule has 0 radical (unpaired) electrons. The quantitative estimate of drug-likeness (QED) is 0.650. The van der Waals surface area contributed by atoms with Crippen LogP contribution in [0.15, 0.2) is 45.7 Å². The Labute approximate surface area is 150 Å². The molecule has 0 aromatic carbocycles. The lowest BCUT2D eigenvalue weighted by molar-refractivity contribution is -0.199. The Morgan fingerprint density at radius 3 is 2.54 bits per heavy atom. The van der Waals surface area contributed by atoms with Crippen molar-refractivity contribution in [1.82, 2.24) is 24.3 Å². The van der Waals surface area contributed by atoms with Gasteiger partial charge in [0.25, 0.3) is 0 Å². The van der Waals surface area contributed by atoms with E-state index in [-0.39, 0.29) is 6.54 Å². The molecule has 0 aliphatic heterocycles. The van der Waals surface area contributed by atoms with Crippen LogP contribution < -0.4 is 11.1 Å². The molecular weight excluding hydrogens is 357 g/mol. The van der Waals surface area contributed by atoms with Gasteiger partial charge in [-0.05, 0) is 12.1 Å². The van der Waals surface area contributed by atoms with E-state index in [1.165, 1.54) is 20.5 Å². The predicted octanol–water partition coefficient (Wildman–Crippen LogP) is 1.57. The number of alkyl halides is 1. The molecule has 132 valence electrons. The van der Waals surface area contributed by atoms with Gasteiger partial charge in [-0.1, -0.05) is 0 Å². The Hall–Kier alpha value is -2.68. The number of rotatable bonds is 4. The third-order valence-corrected chi connectivity index (χ3v) is 6.01. The predicted molar refractivity (Wildman–Crippen MR) is 92.9 cm³/mol. The molecule has 3 fully saturated rings. The Bertz CT molecular complexity index is 1080. The fourth-order valence-corrected chi connectivity index (χ4v) is 4.56. The van der Waals surface area contributed by atoms with Gasteiger partial charge in [-0.25, -0.2) is 9.37 Å². The molecule has 3 heterocycles. The summed E-state index contributed by atoms with van der Waals surface area (Å²) in [5, 5.41) is 10.9. The standard InChI is InChI=1S/C17H14FN5O2S/c18-16-8-17(9-16,10-16)23-5-4-22(14(24)15(23)25)7-11-1-2-12(21-20-11)13-19-3-6-26-13/h1-6H,7-10H2. The zero-order valence-corrected chi connectivity index (χ0v) is 14.4. The highest BCUT2D eigenvalue weighted by molar-refractivity contribution is 7.13. The summed E-state index contributed by atoms with van der Waals surface area (Å²) >= 11 is 1.47. The molecule has 7 nitrogen and oxygen atoms in total. The fraction of sp³-hybridized carbons (Fsp3) is 0.353. The second-order valence-corrected chi connectivity index (χ2v) is 7.95. The van der Waals surface area contributed by atoms with E-state index in [0.29, 0.717) is 30.7 Å². The lowest BCUT2D eigenvalue weighted by atomic mass is 9.47. The summed E-state index contributed by atoms with van der Waals surface area (Å²) in [6.45, 7) is 0.153. The molecule has 2 bridgehead atoms. The van der Waals surface area contributed by atoms with Crippen LogP contribution in [0.1, 0.15) is 25.0 Å². The van der Waals surface area contributed by atoms with Crippen LogP contribution in [0, 0.1) is 0 Å². The smallest absolute Gasteiger partial charge is 0.303 e. The van der Waals surface area contributed by atoms with Crippen molar-refractivity contribution in [2.24, 2.45) is 0 Å². The summed E-state index contributed by atoms with van der Waals surface area (Å²) in [5.41, 5.74) is -1.62. The van der Waals surface area contributed by atoms with Crippen molar-refractivity contribution >= 4 is 11.3 Å². The molecule has 0 spiro atoms. The summed E-state index contributed by atoms with van der Waals surface area (Å²) in [6.07, 6.45) is 5.82. The minimum Gasteiger partial charge on any atom is -0.303 e. The average Bonchev–Trinajstić information content (AvgIpc) is 3.11. The maximum absolute atomic E-state index is 13.7. The number of hydrogen-bond donors (Lipinski definition) is 0. The molecule has 0 saturated heterocycles. The SMILES string of the molecule is O=c1c(=O)n(C23CC(F)(C2)C3)ccn1Cc1ccc(-c2nccs2)nn1. The number of thiazole rings is 1. The molecule has 0 amide bonds. The summed E-state index contributed by atoms with van der Waals surface area (Å²) in [5.74, 6) is 0. The Kier molecular flexibility index (Phi) is 3.09. The van der Waals surface area contributed by atoms with Crippen LogP contribution in [-0.4, -0.2) is 30.0 Å². The van der Waals surface area contributed by atoms with Gasteiger partial charge in [-0.15, -0.1) is 16.4 Å². The van der Waals surface area contributed by atoms with E-state index in [9.17, 15) is 14.0 Å². The molecule has 9 heteroatoms. The van der Waals surface area contributed by atoms with Crippen LogP contribution in [-0.2, 0) is 12.1 Å². The van der Waals surface area contributed by atoms with Gasteiger partial charge in [-0.2, -0.15) is 5.10 Å². The van der Waals surface area contributed by atoms with E-state index >= 15 is 0 Å². The van der Waals surface area contributed by atoms with Crippen LogP contribution in [0.5, 0.6) is 0 Å². The van der Waals surface area contributed by atoms with Gasteiger partial charge in [0.1, 0.15) is 16.4 Å². The minimum absolute atomic E-state index is 0.153. The summed E-state index contributed by atoms with van der Waals surface area (Å²) in [6, 6.07) is 3.55. The summed E-state index contributed by atoms with van der Waals surface area (Å²) in [7, 11) is 0. The lowest BCUT2D eigenvalue weighted by Gasteiger charge is -2.65. The Morgan fingerprint density at radius 1 is 1.12 bits per heavy atom. The monoisotopic (exact) mass is 371 g/mol. The maximum Gasteiger partial charge on any atom is 0.316 e. The molecule has 3 aromatic rings. The van der Waals surface area contributed by atoms with E-state index in [2.05, 4.69) is 15.2 Å². The van der Waals surface area contributed by atoms with Crippen molar-refractivity contribution in [3.05, 3.63) is 62.5 Å². The van der Waals surface area contributed by atoms with Crippen LogP contribution in [0.4, 0.5) is 4.39 Å². The van der Waals surface area contributed by atoms with Crippen LogP contribution in [0.25, 0.3) is 10.7 Å². The molecule has 3 aliphatic rings. The van der Waals surface area contributed by atoms with Crippen molar-refractivity contribution in [2.75, 3.05) is 0 Å². The van der Waals surface area contributed by atoms with Gasteiger partial charge in [0.2, 0.25) is 0 Å². The lowest BCUT2D eigenvalue weighted by Crippen LogP contribution is -2.72. The Balaban J connectivity index is 1.40. The van der Waals surface area contributed by atoms with Gasteiger partial charge < -0.3 is 9.13 Å². The normalized spacial score (nSPS) is 26.2. The zero-order valence-electron chi connectivity index (χ0n) is 13.6. The first kappa shape index (κ1) is 15.6. The number of hydrogen-bond acceptors (Lipinski definition) is 6. The molecular formula is C17H14FN5O2S. The van der Waals surface area contributed by atoms with E-state index in [0.717, 1.165) is 5.01 Å². The second kappa shape index (κ2) is 5.16. The number of nitrogens with zero attached hydrogens (tertiary/aromatic N) is 5.